The Balaban J connectivity index is 1.62. The van der Waals surface area contributed by atoms with Crippen LogP contribution in [-0.2, 0) is 19.1 Å². The molecule has 204 valence electrons. The second-order valence-electron chi connectivity index (χ2n) is 14.9. The van der Waals surface area contributed by atoms with E-state index in [0.717, 1.165) is 25.7 Å². The largest absolute Gasteiger partial charge is 0.460 e. The molecule has 0 bridgehead atoms. The number of allylic oxidation sites excluding steroid dienone is 2. The lowest BCUT2D eigenvalue weighted by molar-refractivity contribution is -0.196. The fourth-order valence-corrected chi connectivity index (χ4v) is 10.9. The van der Waals surface area contributed by atoms with Gasteiger partial charge in [-0.3, -0.25) is 9.59 Å². The van der Waals surface area contributed by atoms with Crippen molar-refractivity contribution in [2.24, 2.45) is 56.2 Å². The molecule has 5 aliphatic rings. The smallest absolute Gasteiger partial charge is 0.302 e. The molecule has 5 heteroatoms. The SMILES string of the molecule is CC(=O)OC1CC[C@@]2(C)C(CC[C@]3(C)[C@@H]2C(=O)C=C2[C@@H]4[C@@H](C)[C@H](C)CC[C@]4(C)CC[C@]23C)C1(C)N=C=O. The molecule has 0 amide bonds. The summed E-state index contributed by atoms with van der Waals surface area (Å²) in [5, 5.41) is 0. The first-order chi connectivity index (χ1) is 17.2. The van der Waals surface area contributed by atoms with E-state index in [1.54, 1.807) is 0 Å². The maximum absolute atomic E-state index is 14.4. The summed E-state index contributed by atoms with van der Waals surface area (Å²) >= 11 is 0. The van der Waals surface area contributed by atoms with Gasteiger partial charge in [0.05, 0.1) is 0 Å². The van der Waals surface area contributed by atoms with Gasteiger partial charge in [-0.2, -0.15) is 4.99 Å². The molecule has 5 rings (SSSR count). The number of hydrogen-bond acceptors (Lipinski definition) is 5. The van der Waals surface area contributed by atoms with E-state index in [-0.39, 0.29) is 45.2 Å². The van der Waals surface area contributed by atoms with E-state index in [9.17, 15) is 14.4 Å². The van der Waals surface area contributed by atoms with Crippen LogP contribution in [0.15, 0.2) is 16.6 Å². The molecule has 0 saturated heterocycles. The Kier molecular flexibility index (Phi) is 6.08. The van der Waals surface area contributed by atoms with Gasteiger partial charge in [0.25, 0.3) is 0 Å². The van der Waals surface area contributed by atoms with Crippen LogP contribution < -0.4 is 0 Å². The van der Waals surface area contributed by atoms with Gasteiger partial charge in [0.1, 0.15) is 11.6 Å². The molecular formula is C32H47NO4. The first-order valence-electron chi connectivity index (χ1n) is 14.7. The van der Waals surface area contributed by atoms with Crippen LogP contribution in [0.2, 0.25) is 0 Å². The van der Waals surface area contributed by atoms with E-state index in [1.807, 2.05) is 13.0 Å². The minimum atomic E-state index is -0.870. The molecule has 4 fully saturated rings. The fraction of sp³-hybridized carbons (Fsp3) is 0.844. The van der Waals surface area contributed by atoms with Gasteiger partial charge in [0.15, 0.2) is 5.78 Å². The molecule has 0 N–H and O–H groups in total. The molecule has 0 aromatic rings. The normalized spacial score (nSPS) is 52.9. The van der Waals surface area contributed by atoms with Crippen molar-refractivity contribution in [3.8, 4) is 0 Å². The van der Waals surface area contributed by atoms with Crippen molar-refractivity contribution >= 4 is 17.8 Å². The van der Waals surface area contributed by atoms with Crippen molar-refractivity contribution in [1.82, 2.24) is 0 Å². The summed E-state index contributed by atoms with van der Waals surface area (Å²) < 4.78 is 5.73. The summed E-state index contributed by atoms with van der Waals surface area (Å²) in [6.45, 7) is 17.8. The minimum Gasteiger partial charge on any atom is -0.460 e. The zero-order chi connectivity index (χ0) is 27.2. The van der Waals surface area contributed by atoms with Gasteiger partial charge in [0.2, 0.25) is 6.08 Å². The van der Waals surface area contributed by atoms with Crippen LogP contribution in [0.3, 0.4) is 0 Å². The average molecular weight is 510 g/mol. The molecule has 5 aliphatic carbocycles. The second kappa shape index (κ2) is 8.38. The molecule has 0 radical (unpaired) electrons. The second-order valence-corrected chi connectivity index (χ2v) is 14.9. The topological polar surface area (TPSA) is 72.8 Å². The maximum Gasteiger partial charge on any atom is 0.302 e. The molecule has 0 aromatic carbocycles. The molecule has 0 heterocycles. The Morgan fingerprint density at radius 1 is 1.00 bits per heavy atom. The van der Waals surface area contributed by atoms with E-state index in [2.05, 4.69) is 52.6 Å². The van der Waals surface area contributed by atoms with Gasteiger partial charge in [-0.25, -0.2) is 4.79 Å². The van der Waals surface area contributed by atoms with E-state index in [0.29, 0.717) is 24.2 Å². The monoisotopic (exact) mass is 509 g/mol. The molecule has 0 spiro atoms. The standard InChI is InChI=1S/C32H47NO4/c1-19-9-12-28(4)15-16-30(6)22(26(28)20(19)2)17-23(36)27-29(5)13-11-25(37-21(3)35)32(8,33-18-34)24(29)10-14-31(27,30)7/h17,19-20,24-27H,9-16H2,1-8H3/t19-,20+,24?,25?,26+,27-,28-,29+,30-,31-,32?/m1/s1. The lowest BCUT2D eigenvalue weighted by atomic mass is 9.33. The zero-order valence-electron chi connectivity index (χ0n) is 24.3. The number of esters is 1. The van der Waals surface area contributed by atoms with Crippen molar-refractivity contribution in [3.05, 3.63) is 11.6 Å². The lowest BCUT2D eigenvalue weighted by Crippen LogP contribution is -2.68. The highest BCUT2D eigenvalue weighted by Gasteiger charge is 2.71. The minimum absolute atomic E-state index is 0.0217. The highest BCUT2D eigenvalue weighted by molar-refractivity contribution is 5.95. The summed E-state index contributed by atoms with van der Waals surface area (Å²) in [4.78, 5) is 42.3. The van der Waals surface area contributed by atoms with Gasteiger partial charge in [-0.05, 0) is 110 Å². The Hall–Kier alpha value is -1.74. The molecular weight excluding hydrogens is 462 g/mol. The zero-order valence-corrected chi connectivity index (χ0v) is 24.3. The van der Waals surface area contributed by atoms with Crippen molar-refractivity contribution in [1.29, 1.82) is 0 Å². The Morgan fingerprint density at radius 3 is 2.35 bits per heavy atom. The molecule has 4 saturated carbocycles. The number of ketones is 1. The van der Waals surface area contributed by atoms with E-state index in [4.69, 9.17) is 4.74 Å². The number of carbonyl (C=O) groups is 2. The molecule has 0 aliphatic heterocycles. The van der Waals surface area contributed by atoms with Crippen LogP contribution in [0.4, 0.5) is 0 Å². The summed E-state index contributed by atoms with van der Waals surface area (Å²) in [6.07, 6.45) is 11.5. The number of carbonyl (C=O) groups excluding carboxylic acids is 3. The van der Waals surface area contributed by atoms with Crippen molar-refractivity contribution in [3.63, 3.8) is 0 Å². The van der Waals surface area contributed by atoms with Crippen LogP contribution in [0.5, 0.6) is 0 Å². The number of isocyanates is 1. The Labute approximate surface area is 223 Å². The molecule has 11 atom stereocenters. The summed E-state index contributed by atoms with van der Waals surface area (Å²) in [7, 11) is 0. The van der Waals surface area contributed by atoms with E-state index in [1.165, 1.54) is 31.8 Å². The first kappa shape index (κ1) is 26.9. The number of nitrogens with zero attached hydrogens (tertiary/aromatic N) is 1. The number of aliphatic imine (C=N–C) groups is 1. The van der Waals surface area contributed by atoms with Gasteiger partial charge in [-0.15, -0.1) is 0 Å². The quantitative estimate of drug-likeness (QED) is 0.232. The third-order valence-corrected chi connectivity index (χ3v) is 13.3. The van der Waals surface area contributed by atoms with Crippen LogP contribution in [0.1, 0.15) is 107 Å². The highest BCUT2D eigenvalue weighted by atomic mass is 16.5. The predicted molar refractivity (Wildman–Crippen MR) is 143 cm³/mol. The average Bonchev–Trinajstić information content (AvgIpc) is 2.80. The summed E-state index contributed by atoms with van der Waals surface area (Å²) in [5.41, 5.74) is 0.348. The molecule has 3 unspecified atom stereocenters. The van der Waals surface area contributed by atoms with E-state index < -0.39 is 11.6 Å². The Morgan fingerprint density at radius 2 is 1.70 bits per heavy atom. The number of ether oxygens (including phenoxy) is 1. The number of hydrogen-bond donors (Lipinski definition) is 0. The third-order valence-electron chi connectivity index (χ3n) is 13.3. The van der Waals surface area contributed by atoms with Crippen molar-refractivity contribution < 1.29 is 19.1 Å². The van der Waals surface area contributed by atoms with Crippen molar-refractivity contribution in [2.75, 3.05) is 0 Å². The van der Waals surface area contributed by atoms with Crippen LogP contribution in [-0.4, -0.2) is 29.5 Å². The predicted octanol–water partition coefficient (Wildman–Crippen LogP) is 6.84. The van der Waals surface area contributed by atoms with Crippen LogP contribution in [0.25, 0.3) is 0 Å². The van der Waals surface area contributed by atoms with Gasteiger partial charge >= 0.3 is 5.97 Å². The van der Waals surface area contributed by atoms with Gasteiger partial charge in [-0.1, -0.05) is 47.1 Å². The van der Waals surface area contributed by atoms with Crippen LogP contribution >= 0.6 is 0 Å². The number of fused-ring (bicyclic) bond motifs is 7. The summed E-state index contributed by atoms with van der Waals surface area (Å²) in [6, 6.07) is 0. The van der Waals surface area contributed by atoms with Crippen molar-refractivity contribution in [2.45, 2.75) is 118 Å². The highest BCUT2D eigenvalue weighted by Crippen LogP contribution is 2.74. The molecule has 5 nitrogen and oxygen atoms in total. The molecule has 37 heavy (non-hydrogen) atoms. The van der Waals surface area contributed by atoms with Gasteiger partial charge < -0.3 is 4.74 Å². The number of rotatable bonds is 2. The first-order valence-corrected chi connectivity index (χ1v) is 14.7. The van der Waals surface area contributed by atoms with Gasteiger partial charge in [0, 0.05) is 12.8 Å². The summed E-state index contributed by atoms with van der Waals surface area (Å²) in [5.74, 6) is 1.49. The van der Waals surface area contributed by atoms with E-state index >= 15 is 0 Å². The van der Waals surface area contributed by atoms with Crippen LogP contribution in [0, 0.1) is 51.2 Å². The fourth-order valence-electron chi connectivity index (χ4n) is 10.9. The Bertz CT molecular complexity index is 1090. The lowest BCUT2D eigenvalue weighted by Gasteiger charge is -2.70. The molecule has 0 aromatic heterocycles. The maximum atomic E-state index is 14.4. The third kappa shape index (κ3) is 3.41.